The Balaban J connectivity index is 0.00000240. The highest BCUT2D eigenvalue weighted by Gasteiger charge is 2.30. The quantitative estimate of drug-likeness (QED) is 0.830. The van der Waals surface area contributed by atoms with Crippen LogP contribution in [0.4, 0.5) is 0 Å². The molecule has 29 heavy (non-hydrogen) atoms. The van der Waals surface area contributed by atoms with Crippen LogP contribution in [0.15, 0.2) is 30.6 Å². The number of piperazine rings is 1. The molecule has 0 saturated carbocycles. The van der Waals surface area contributed by atoms with Crippen LogP contribution >= 0.6 is 12.4 Å². The van der Waals surface area contributed by atoms with E-state index in [1.54, 1.807) is 0 Å². The van der Waals surface area contributed by atoms with Gasteiger partial charge in [0.1, 0.15) is 0 Å². The number of carbonyl (C=O) groups is 1. The standard InChI is InChI=1S/C22H31N5O.ClH/c1-17-5-6-18(21(12-17)20-13-24-25(2)14-20)15-26-9-3-4-19(16-26)22(28)27-10-7-23-8-11-27;/h5-6,12-14,19,23H,3-4,7-11,15-16H2,1-2H3;1H. The van der Waals surface area contributed by atoms with Crippen LogP contribution in [-0.2, 0) is 18.4 Å². The summed E-state index contributed by atoms with van der Waals surface area (Å²) in [5.41, 5.74) is 4.98. The summed E-state index contributed by atoms with van der Waals surface area (Å²) in [6.45, 7) is 8.47. The van der Waals surface area contributed by atoms with Gasteiger partial charge < -0.3 is 10.2 Å². The maximum atomic E-state index is 12.9. The molecule has 1 unspecified atom stereocenters. The molecule has 4 rings (SSSR count). The minimum atomic E-state index is 0. The zero-order valence-corrected chi connectivity index (χ0v) is 18.2. The summed E-state index contributed by atoms with van der Waals surface area (Å²) in [4.78, 5) is 17.5. The summed E-state index contributed by atoms with van der Waals surface area (Å²) in [5, 5.41) is 7.68. The van der Waals surface area contributed by atoms with Crippen LogP contribution in [0.2, 0.25) is 0 Å². The molecule has 0 spiro atoms. The molecule has 2 aromatic rings. The van der Waals surface area contributed by atoms with Gasteiger partial charge in [-0.2, -0.15) is 5.10 Å². The molecule has 2 aliphatic rings. The fourth-order valence-electron chi connectivity index (χ4n) is 4.44. The molecule has 1 amide bonds. The van der Waals surface area contributed by atoms with E-state index < -0.39 is 0 Å². The lowest BCUT2D eigenvalue weighted by molar-refractivity contribution is -0.138. The third kappa shape index (κ3) is 5.18. The first-order valence-electron chi connectivity index (χ1n) is 10.4. The van der Waals surface area contributed by atoms with Crippen molar-refractivity contribution >= 4 is 18.3 Å². The number of likely N-dealkylation sites (tertiary alicyclic amines) is 1. The second-order valence-corrected chi connectivity index (χ2v) is 8.21. The molecule has 7 heteroatoms. The Morgan fingerprint density at radius 1 is 1.24 bits per heavy atom. The summed E-state index contributed by atoms with van der Waals surface area (Å²) in [7, 11) is 1.95. The van der Waals surface area contributed by atoms with Gasteiger partial charge in [0.25, 0.3) is 0 Å². The number of amides is 1. The van der Waals surface area contributed by atoms with Crippen molar-refractivity contribution in [2.75, 3.05) is 39.3 Å². The van der Waals surface area contributed by atoms with Crippen molar-refractivity contribution in [2.45, 2.75) is 26.3 Å². The van der Waals surface area contributed by atoms with E-state index in [4.69, 9.17) is 0 Å². The van der Waals surface area contributed by atoms with Crippen molar-refractivity contribution in [3.05, 3.63) is 41.7 Å². The fraction of sp³-hybridized carbons (Fsp3) is 0.545. The normalized spacial score (nSPS) is 20.3. The van der Waals surface area contributed by atoms with Crippen molar-refractivity contribution in [3.63, 3.8) is 0 Å². The SMILES string of the molecule is Cc1ccc(CN2CCCC(C(=O)N3CCNCC3)C2)c(-c2cnn(C)c2)c1.Cl. The van der Waals surface area contributed by atoms with Gasteiger partial charge in [0.2, 0.25) is 5.91 Å². The number of benzene rings is 1. The summed E-state index contributed by atoms with van der Waals surface area (Å²) in [5.74, 6) is 0.488. The van der Waals surface area contributed by atoms with Crippen LogP contribution in [0, 0.1) is 12.8 Å². The predicted molar refractivity (Wildman–Crippen MR) is 118 cm³/mol. The summed E-state index contributed by atoms with van der Waals surface area (Å²) >= 11 is 0. The fourth-order valence-corrected chi connectivity index (χ4v) is 4.44. The second kappa shape index (κ2) is 9.74. The molecule has 1 atom stereocenters. The van der Waals surface area contributed by atoms with Crippen LogP contribution < -0.4 is 5.32 Å². The number of aryl methyl sites for hydroxylation is 2. The van der Waals surface area contributed by atoms with Crippen LogP contribution in [0.1, 0.15) is 24.0 Å². The highest BCUT2D eigenvalue weighted by molar-refractivity contribution is 5.85. The predicted octanol–water partition coefficient (Wildman–Crippen LogP) is 2.46. The number of carbonyl (C=O) groups excluding carboxylic acids is 1. The first-order chi connectivity index (χ1) is 13.6. The number of hydrogen-bond donors (Lipinski definition) is 1. The van der Waals surface area contributed by atoms with Gasteiger partial charge in [-0.1, -0.05) is 23.8 Å². The van der Waals surface area contributed by atoms with Gasteiger partial charge in [0.15, 0.2) is 0 Å². The maximum Gasteiger partial charge on any atom is 0.227 e. The van der Waals surface area contributed by atoms with E-state index in [1.165, 1.54) is 16.7 Å². The molecule has 3 heterocycles. The van der Waals surface area contributed by atoms with Crippen molar-refractivity contribution in [3.8, 4) is 11.1 Å². The lowest BCUT2D eigenvalue weighted by Crippen LogP contribution is -2.51. The zero-order chi connectivity index (χ0) is 19.5. The Bertz CT molecular complexity index is 830. The van der Waals surface area contributed by atoms with Crippen LogP contribution in [0.5, 0.6) is 0 Å². The van der Waals surface area contributed by atoms with Gasteiger partial charge in [-0.25, -0.2) is 0 Å². The van der Waals surface area contributed by atoms with Crippen molar-refractivity contribution in [1.29, 1.82) is 0 Å². The van der Waals surface area contributed by atoms with E-state index in [1.807, 2.05) is 17.9 Å². The molecule has 0 bridgehead atoms. The van der Waals surface area contributed by atoms with Gasteiger partial charge in [0.05, 0.1) is 12.1 Å². The third-order valence-corrected chi connectivity index (χ3v) is 5.96. The molecule has 2 saturated heterocycles. The van der Waals surface area contributed by atoms with Crippen molar-refractivity contribution in [1.82, 2.24) is 24.9 Å². The highest BCUT2D eigenvalue weighted by Crippen LogP contribution is 2.28. The Morgan fingerprint density at radius 3 is 2.76 bits per heavy atom. The summed E-state index contributed by atoms with van der Waals surface area (Å²) in [6, 6.07) is 6.67. The van der Waals surface area contributed by atoms with Gasteiger partial charge in [-0.3, -0.25) is 14.4 Å². The Hall–Kier alpha value is -1.89. The number of nitrogens with one attached hydrogen (secondary N) is 1. The third-order valence-electron chi connectivity index (χ3n) is 5.96. The Kier molecular flexibility index (Phi) is 7.33. The van der Waals surface area contributed by atoms with Crippen LogP contribution in [-0.4, -0.2) is 64.8 Å². The number of hydrogen-bond acceptors (Lipinski definition) is 4. The van der Waals surface area contributed by atoms with E-state index in [9.17, 15) is 4.79 Å². The molecule has 2 aliphatic heterocycles. The minimum Gasteiger partial charge on any atom is -0.340 e. The molecule has 158 valence electrons. The average Bonchev–Trinajstić information content (AvgIpc) is 3.16. The number of piperidine rings is 1. The van der Waals surface area contributed by atoms with Crippen LogP contribution in [0.3, 0.4) is 0 Å². The molecule has 1 aromatic heterocycles. The molecule has 2 fully saturated rings. The highest BCUT2D eigenvalue weighted by atomic mass is 35.5. The first kappa shape index (κ1) is 21.8. The van der Waals surface area contributed by atoms with Gasteiger partial charge >= 0.3 is 0 Å². The monoisotopic (exact) mass is 417 g/mol. The zero-order valence-electron chi connectivity index (χ0n) is 17.4. The maximum absolute atomic E-state index is 12.9. The molecule has 1 N–H and O–H groups in total. The molecule has 6 nitrogen and oxygen atoms in total. The Morgan fingerprint density at radius 2 is 2.03 bits per heavy atom. The first-order valence-corrected chi connectivity index (χ1v) is 10.4. The van der Waals surface area contributed by atoms with Gasteiger partial charge in [0, 0.05) is 58.1 Å². The summed E-state index contributed by atoms with van der Waals surface area (Å²) in [6.07, 6.45) is 6.12. The molecule has 1 aromatic carbocycles. The van der Waals surface area contributed by atoms with Crippen molar-refractivity contribution in [2.24, 2.45) is 13.0 Å². The van der Waals surface area contributed by atoms with Gasteiger partial charge in [-0.05, 0) is 37.4 Å². The number of rotatable bonds is 4. The largest absolute Gasteiger partial charge is 0.340 e. The minimum absolute atomic E-state index is 0. The topological polar surface area (TPSA) is 53.4 Å². The van der Waals surface area contributed by atoms with E-state index in [2.05, 4.69) is 51.5 Å². The summed E-state index contributed by atoms with van der Waals surface area (Å²) < 4.78 is 1.85. The second-order valence-electron chi connectivity index (χ2n) is 8.21. The molecular formula is C22H32ClN5O. The van der Waals surface area contributed by atoms with Gasteiger partial charge in [-0.15, -0.1) is 12.4 Å². The molecule has 0 aliphatic carbocycles. The van der Waals surface area contributed by atoms with E-state index in [0.717, 1.165) is 64.2 Å². The van der Waals surface area contributed by atoms with E-state index in [-0.39, 0.29) is 18.3 Å². The van der Waals surface area contributed by atoms with E-state index in [0.29, 0.717) is 5.91 Å². The molecular weight excluding hydrogens is 386 g/mol. The molecule has 0 radical (unpaired) electrons. The number of nitrogens with zero attached hydrogens (tertiary/aromatic N) is 4. The van der Waals surface area contributed by atoms with E-state index >= 15 is 0 Å². The lowest BCUT2D eigenvalue weighted by Gasteiger charge is -2.36. The average molecular weight is 418 g/mol. The number of halogens is 1. The van der Waals surface area contributed by atoms with Crippen LogP contribution in [0.25, 0.3) is 11.1 Å². The van der Waals surface area contributed by atoms with Crippen molar-refractivity contribution < 1.29 is 4.79 Å². The number of aromatic nitrogens is 2. The Labute approximate surface area is 179 Å². The smallest absolute Gasteiger partial charge is 0.227 e. The lowest BCUT2D eigenvalue weighted by atomic mass is 9.94.